The first-order valence-electron chi connectivity index (χ1n) is 9.27. The van der Waals surface area contributed by atoms with Gasteiger partial charge in [0.15, 0.2) is 17.3 Å². The Hall–Kier alpha value is -3.58. The monoisotopic (exact) mass is 480 g/mol. The number of halogens is 1. The summed E-state index contributed by atoms with van der Waals surface area (Å²) in [6, 6.07) is 16.9. The summed E-state index contributed by atoms with van der Waals surface area (Å²) in [4.78, 5) is 25.1. The van der Waals surface area contributed by atoms with Crippen molar-refractivity contribution in [3.63, 3.8) is 0 Å². The van der Waals surface area contributed by atoms with E-state index in [1.54, 1.807) is 68.8 Å². The Labute approximate surface area is 187 Å². The topological polar surface area (TPSA) is 71.1 Å². The van der Waals surface area contributed by atoms with Crippen LogP contribution < -0.4 is 18.9 Å². The second kappa shape index (κ2) is 8.65. The van der Waals surface area contributed by atoms with Crippen molar-refractivity contribution in [2.75, 3.05) is 14.2 Å². The zero-order valence-corrected chi connectivity index (χ0v) is 18.3. The number of ether oxygens (including phenoxy) is 4. The molecular formula is C24H17BrO6. The first-order chi connectivity index (χ1) is 15.0. The lowest BCUT2D eigenvalue weighted by molar-refractivity contribution is 0.0733. The van der Waals surface area contributed by atoms with Crippen LogP contribution in [0.3, 0.4) is 0 Å². The largest absolute Gasteiger partial charge is 0.493 e. The van der Waals surface area contributed by atoms with Crippen LogP contribution in [-0.4, -0.2) is 26.0 Å². The van der Waals surface area contributed by atoms with Gasteiger partial charge in [0.2, 0.25) is 5.78 Å². The predicted octanol–water partition coefficient (Wildman–Crippen LogP) is 5.30. The van der Waals surface area contributed by atoms with Crippen LogP contribution >= 0.6 is 15.9 Å². The van der Waals surface area contributed by atoms with Crippen LogP contribution in [0, 0.1) is 0 Å². The molecule has 0 amide bonds. The lowest BCUT2D eigenvalue weighted by Crippen LogP contribution is -2.09. The summed E-state index contributed by atoms with van der Waals surface area (Å²) in [7, 11) is 3.09. The Morgan fingerprint density at radius 1 is 0.968 bits per heavy atom. The van der Waals surface area contributed by atoms with Crippen LogP contribution in [0.4, 0.5) is 0 Å². The standard InChI is InChI=1S/C24H17BrO6/c1-28-19-10-7-14(11-21(19)29-2)12-22-23(26)17-9-8-15(13-20(17)31-22)30-24(27)16-5-3-4-6-18(16)25/h3-13H,1-2H3. The smallest absolute Gasteiger partial charge is 0.344 e. The number of allylic oxidation sites excluding steroid dienone is 1. The fraction of sp³-hybridized carbons (Fsp3) is 0.0833. The first-order valence-corrected chi connectivity index (χ1v) is 10.1. The third-order valence-corrected chi connectivity index (χ3v) is 5.34. The minimum atomic E-state index is -0.516. The molecule has 0 radical (unpaired) electrons. The highest BCUT2D eigenvalue weighted by molar-refractivity contribution is 9.10. The van der Waals surface area contributed by atoms with Gasteiger partial charge in [0.05, 0.1) is 25.3 Å². The number of hydrogen-bond acceptors (Lipinski definition) is 6. The van der Waals surface area contributed by atoms with Crippen LogP contribution in [0.1, 0.15) is 26.3 Å². The van der Waals surface area contributed by atoms with E-state index in [9.17, 15) is 9.59 Å². The molecule has 0 fully saturated rings. The van der Waals surface area contributed by atoms with Crippen LogP contribution in [0.25, 0.3) is 6.08 Å². The number of fused-ring (bicyclic) bond motifs is 1. The lowest BCUT2D eigenvalue weighted by atomic mass is 10.1. The van der Waals surface area contributed by atoms with Crippen molar-refractivity contribution in [2.45, 2.75) is 0 Å². The van der Waals surface area contributed by atoms with Crippen molar-refractivity contribution < 1.29 is 28.5 Å². The Bertz CT molecular complexity index is 1210. The minimum absolute atomic E-state index is 0.163. The highest BCUT2D eigenvalue weighted by atomic mass is 79.9. The van der Waals surface area contributed by atoms with Crippen LogP contribution in [0.15, 0.2) is 70.9 Å². The molecule has 156 valence electrons. The fourth-order valence-corrected chi connectivity index (χ4v) is 3.56. The highest BCUT2D eigenvalue weighted by Crippen LogP contribution is 2.36. The molecule has 0 aromatic heterocycles. The van der Waals surface area contributed by atoms with E-state index >= 15 is 0 Å². The van der Waals surface area contributed by atoms with Gasteiger partial charge in [0.1, 0.15) is 11.5 Å². The van der Waals surface area contributed by atoms with Gasteiger partial charge in [0, 0.05) is 10.5 Å². The molecule has 0 atom stereocenters. The number of benzene rings is 3. The summed E-state index contributed by atoms with van der Waals surface area (Å²) >= 11 is 3.33. The van der Waals surface area contributed by atoms with E-state index in [1.165, 1.54) is 6.07 Å². The molecular weight excluding hydrogens is 464 g/mol. The van der Waals surface area contributed by atoms with Gasteiger partial charge in [-0.25, -0.2) is 4.79 Å². The van der Waals surface area contributed by atoms with Crippen molar-refractivity contribution in [1.29, 1.82) is 0 Å². The van der Waals surface area contributed by atoms with Gasteiger partial charge in [-0.3, -0.25) is 4.79 Å². The molecule has 0 bridgehead atoms. The maximum atomic E-state index is 12.7. The van der Waals surface area contributed by atoms with Crippen molar-refractivity contribution >= 4 is 33.8 Å². The molecule has 3 aromatic rings. The van der Waals surface area contributed by atoms with E-state index < -0.39 is 5.97 Å². The molecule has 4 rings (SSSR count). The summed E-state index contributed by atoms with van der Waals surface area (Å²) in [5, 5.41) is 0. The normalized spacial score (nSPS) is 13.5. The maximum Gasteiger partial charge on any atom is 0.344 e. The van der Waals surface area contributed by atoms with Crippen molar-refractivity contribution in [1.82, 2.24) is 0 Å². The van der Waals surface area contributed by atoms with Gasteiger partial charge in [0.25, 0.3) is 0 Å². The Balaban J connectivity index is 1.56. The number of carbonyl (C=O) groups is 2. The van der Waals surface area contributed by atoms with Crippen LogP contribution in [-0.2, 0) is 0 Å². The van der Waals surface area contributed by atoms with Crippen LogP contribution in [0.2, 0.25) is 0 Å². The van der Waals surface area contributed by atoms with Crippen molar-refractivity contribution in [3.05, 3.63) is 87.6 Å². The fourth-order valence-electron chi connectivity index (χ4n) is 3.11. The molecule has 6 nitrogen and oxygen atoms in total. The van der Waals surface area contributed by atoms with Gasteiger partial charge in [-0.05, 0) is 64.0 Å². The third-order valence-electron chi connectivity index (χ3n) is 4.65. The van der Waals surface area contributed by atoms with Gasteiger partial charge in [-0.15, -0.1) is 0 Å². The lowest BCUT2D eigenvalue weighted by Gasteiger charge is -2.08. The number of hydrogen-bond donors (Lipinski definition) is 0. The summed E-state index contributed by atoms with van der Waals surface area (Å²) in [5.41, 5.74) is 1.51. The van der Waals surface area contributed by atoms with E-state index in [0.29, 0.717) is 32.8 Å². The van der Waals surface area contributed by atoms with E-state index in [1.807, 2.05) is 6.07 Å². The number of carbonyl (C=O) groups excluding carboxylic acids is 2. The summed E-state index contributed by atoms with van der Waals surface area (Å²) in [5.74, 6) is 1.13. The molecule has 0 N–H and O–H groups in total. The SMILES string of the molecule is COc1ccc(C=C2Oc3cc(OC(=O)c4ccccc4Br)ccc3C2=O)cc1OC. The van der Waals surface area contributed by atoms with E-state index in [2.05, 4.69) is 15.9 Å². The summed E-state index contributed by atoms with van der Waals surface area (Å²) < 4.78 is 22.3. The quantitative estimate of drug-likeness (QED) is 0.280. The van der Waals surface area contributed by atoms with E-state index in [-0.39, 0.29) is 17.3 Å². The Morgan fingerprint density at radius 3 is 2.48 bits per heavy atom. The molecule has 1 aliphatic heterocycles. The third kappa shape index (κ3) is 4.18. The molecule has 0 unspecified atom stereocenters. The number of Topliss-reactive ketones (excluding diaryl/α,β-unsaturated/α-hetero) is 1. The molecule has 0 saturated heterocycles. The maximum absolute atomic E-state index is 12.7. The molecule has 3 aromatic carbocycles. The first kappa shape index (κ1) is 20.7. The molecule has 31 heavy (non-hydrogen) atoms. The Kier molecular flexibility index (Phi) is 5.77. The number of rotatable bonds is 5. The van der Waals surface area contributed by atoms with Crippen LogP contribution in [0.5, 0.6) is 23.0 Å². The van der Waals surface area contributed by atoms with Crippen molar-refractivity contribution in [2.24, 2.45) is 0 Å². The number of methoxy groups -OCH3 is 2. The summed E-state index contributed by atoms with van der Waals surface area (Å²) in [6.07, 6.45) is 1.62. The zero-order valence-electron chi connectivity index (χ0n) is 16.7. The number of ketones is 1. The molecule has 1 heterocycles. The van der Waals surface area contributed by atoms with E-state index in [4.69, 9.17) is 18.9 Å². The van der Waals surface area contributed by atoms with Gasteiger partial charge >= 0.3 is 5.97 Å². The van der Waals surface area contributed by atoms with E-state index in [0.717, 1.165) is 5.56 Å². The average molecular weight is 481 g/mol. The second-order valence-corrected chi connectivity index (χ2v) is 7.44. The number of esters is 1. The summed E-state index contributed by atoms with van der Waals surface area (Å²) in [6.45, 7) is 0. The predicted molar refractivity (Wildman–Crippen MR) is 118 cm³/mol. The molecule has 0 spiro atoms. The zero-order chi connectivity index (χ0) is 22.0. The minimum Gasteiger partial charge on any atom is -0.493 e. The molecule has 0 saturated carbocycles. The Morgan fingerprint density at radius 2 is 1.74 bits per heavy atom. The average Bonchev–Trinajstić information content (AvgIpc) is 3.08. The van der Waals surface area contributed by atoms with Gasteiger partial charge in [-0.1, -0.05) is 18.2 Å². The van der Waals surface area contributed by atoms with Crippen molar-refractivity contribution in [3.8, 4) is 23.0 Å². The van der Waals surface area contributed by atoms with Gasteiger partial charge < -0.3 is 18.9 Å². The molecule has 7 heteroatoms. The molecule has 1 aliphatic rings. The molecule has 0 aliphatic carbocycles. The van der Waals surface area contributed by atoms with Gasteiger partial charge in [-0.2, -0.15) is 0 Å². The highest BCUT2D eigenvalue weighted by Gasteiger charge is 2.28. The second-order valence-electron chi connectivity index (χ2n) is 6.58.